The molecular weight excluding hydrogens is 322 g/mol. The number of rotatable bonds is 4. The number of hydrogen-bond donors (Lipinski definition) is 0. The maximum Gasteiger partial charge on any atom is 0.144 e. The van der Waals surface area contributed by atoms with Gasteiger partial charge < -0.3 is 4.90 Å². The van der Waals surface area contributed by atoms with Crippen LogP contribution in [-0.4, -0.2) is 38.5 Å². The van der Waals surface area contributed by atoms with Gasteiger partial charge in [0.1, 0.15) is 5.82 Å². The Labute approximate surface area is 153 Å². The second kappa shape index (κ2) is 6.69. The van der Waals surface area contributed by atoms with E-state index in [0.717, 1.165) is 28.1 Å². The van der Waals surface area contributed by atoms with Gasteiger partial charge in [0.15, 0.2) is 0 Å². The topological polar surface area (TPSA) is 46.8 Å². The van der Waals surface area contributed by atoms with Crippen LogP contribution in [-0.2, 0) is 0 Å². The smallest absolute Gasteiger partial charge is 0.144 e. The van der Waals surface area contributed by atoms with E-state index in [-0.39, 0.29) is 0 Å². The van der Waals surface area contributed by atoms with Crippen molar-refractivity contribution in [2.24, 2.45) is 0 Å². The van der Waals surface area contributed by atoms with Gasteiger partial charge in [-0.3, -0.25) is 14.5 Å². The summed E-state index contributed by atoms with van der Waals surface area (Å²) in [5.41, 5.74) is 5.16. The minimum absolute atomic E-state index is 0.378. The predicted molar refractivity (Wildman–Crippen MR) is 104 cm³/mol. The number of imidazole rings is 1. The highest BCUT2D eigenvalue weighted by molar-refractivity contribution is 5.76. The first-order valence-electron chi connectivity index (χ1n) is 8.65. The fraction of sp³-hybridized carbons (Fsp3) is 0.190. The summed E-state index contributed by atoms with van der Waals surface area (Å²) < 4.78 is 2.08. The summed E-state index contributed by atoms with van der Waals surface area (Å²) in [7, 11) is 4.18. The van der Waals surface area contributed by atoms with E-state index < -0.39 is 0 Å². The quantitative estimate of drug-likeness (QED) is 0.559. The lowest BCUT2D eigenvalue weighted by molar-refractivity contribution is 0.321. The summed E-state index contributed by atoms with van der Waals surface area (Å²) in [6.45, 7) is 2.20. The van der Waals surface area contributed by atoms with Crippen LogP contribution in [0.25, 0.3) is 28.1 Å². The van der Waals surface area contributed by atoms with E-state index >= 15 is 0 Å². The van der Waals surface area contributed by atoms with Crippen LogP contribution in [0.3, 0.4) is 0 Å². The number of nitrogens with zero attached hydrogens (tertiary/aromatic N) is 5. The van der Waals surface area contributed by atoms with Crippen molar-refractivity contribution >= 4 is 11.0 Å². The van der Waals surface area contributed by atoms with Gasteiger partial charge in [0.05, 0.1) is 11.0 Å². The van der Waals surface area contributed by atoms with Crippen LogP contribution < -0.4 is 0 Å². The Morgan fingerprint density at radius 3 is 2.31 bits per heavy atom. The molecule has 2 heterocycles. The fourth-order valence-electron chi connectivity index (χ4n) is 3.04. The molecule has 0 aliphatic rings. The zero-order valence-corrected chi connectivity index (χ0v) is 15.2. The van der Waals surface area contributed by atoms with E-state index in [4.69, 9.17) is 0 Å². The maximum absolute atomic E-state index is 4.57. The van der Waals surface area contributed by atoms with Crippen molar-refractivity contribution in [3.05, 3.63) is 72.8 Å². The Bertz CT molecular complexity index is 1030. The first-order valence-corrected chi connectivity index (χ1v) is 8.65. The summed E-state index contributed by atoms with van der Waals surface area (Å²) in [4.78, 5) is 15.5. The summed E-state index contributed by atoms with van der Waals surface area (Å²) in [5, 5.41) is 0. The van der Waals surface area contributed by atoms with Crippen molar-refractivity contribution in [3.63, 3.8) is 0 Å². The van der Waals surface area contributed by atoms with Crippen LogP contribution in [0.2, 0.25) is 0 Å². The molecular formula is C21H21N5. The number of aromatic nitrogens is 4. The molecule has 0 N–H and O–H groups in total. The van der Waals surface area contributed by atoms with Crippen molar-refractivity contribution in [2.75, 3.05) is 14.1 Å². The lowest BCUT2D eigenvalue weighted by Crippen LogP contribution is -2.16. The van der Waals surface area contributed by atoms with Gasteiger partial charge in [-0.15, -0.1) is 0 Å². The molecule has 0 aliphatic carbocycles. The van der Waals surface area contributed by atoms with Gasteiger partial charge in [0, 0.05) is 42.1 Å². The van der Waals surface area contributed by atoms with E-state index in [1.807, 2.05) is 30.6 Å². The molecule has 0 fully saturated rings. The van der Waals surface area contributed by atoms with Crippen LogP contribution in [0.1, 0.15) is 18.5 Å². The van der Waals surface area contributed by atoms with E-state index in [1.54, 1.807) is 12.4 Å². The summed E-state index contributed by atoms with van der Waals surface area (Å²) in [5.74, 6) is 0.914. The fourth-order valence-corrected chi connectivity index (χ4v) is 3.04. The van der Waals surface area contributed by atoms with Gasteiger partial charge in [-0.05, 0) is 44.8 Å². The predicted octanol–water partition coefficient (Wildman–Crippen LogP) is 4.11. The molecule has 0 aliphatic heterocycles. The van der Waals surface area contributed by atoms with Crippen molar-refractivity contribution in [1.82, 2.24) is 24.4 Å². The average Bonchev–Trinajstić information content (AvgIpc) is 3.17. The molecule has 2 aromatic carbocycles. The van der Waals surface area contributed by atoms with Crippen LogP contribution in [0.4, 0.5) is 0 Å². The Morgan fingerprint density at radius 2 is 1.58 bits per heavy atom. The van der Waals surface area contributed by atoms with Crippen molar-refractivity contribution < 1.29 is 0 Å². The molecule has 5 nitrogen and oxygen atoms in total. The monoisotopic (exact) mass is 343 g/mol. The Morgan fingerprint density at radius 1 is 0.846 bits per heavy atom. The standard InChI is InChI=1S/C21H21N5/c1-15(25(2)3)16-4-6-17(7-5-16)21-24-12-13-26(21)18-8-9-19-20(14-18)23-11-10-22-19/h4-15H,1-3H3. The highest BCUT2D eigenvalue weighted by atomic mass is 15.1. The molecule has 0 spiro atoms. The van der Waals surface area contributed by atoms with E-state index in [0.29, 0.717) is 6.04 Å². The molecule has 1 unspecified atom stereocenters. The molecule has 2 aromatic heterocycles. The highest BCUT2D eigenvalue weighted by Crippen LogP contribution is 2.25. The zero-order chi connectivity index (χ0) is 18.1. The second-order valence-electron chi connectivity index (χ2n) is 6.61. The number of fused-ring (bicyclic) bond motifs is 1. The first-order chi connectivity index (χ1) is 12.6. The molecule has 26 heavy (non-hydrogen) atoms. The first kappa shape index (κ1) is 16.4. The molecule has 1 atom stereocenters. The third-order valence-electron chi connectivity index (χ3n) is 4.80. The summed E-state index contributed by atoms with van der Waals surface area (Å²) in [6, 6.07) is 15.1. The Balaban J connectivity index is 1.72. The summed E-state index contributed by atoms with van der Waals surface area (Å²) in [6.07, 6.45) is 7.22. The lowest BCUT2D eigenvalue weighted by atomic mass is 10.1. The molecule has 4 aromatic rings. The SMILES string of the molecule is CC(c1ccc(-c2nccn2-c2ccc3nccnc3c2)cc1)N(C)C. The molecule has 0 saturated carbocycles. The third-order valence-corrected chi connectivity index (χ3v) is 4.80. The molecule has 5 heteroatoms. The van der Waals surface area contributed by atoms with Crippen LogP contribution in [0, 0.1) is 0 Å². The Hall–Kier alpha value is -3.05. The van der Waals surface area contributed by atoms with Crippen LogP contribution in [0.15, 0.2) is 67.3 Å². The van der Waals surface area contributed by atoms with Gasteiger partial charge in [0.2, 0.25) is 0 Å². The van der Waals surface area contributed by atoms with Gasteiger partial charge in [-0.2, -0.15) is 0 Å². The average molecular weight is 343 g/mol. The van der Waals surface area contributed by atoms with Gasteiger partial charge >= 0.3 is 0 Å². The Kier molecular flexibility index (Phi) is 4.22. The molecule has 0 bridgehead atoms. The van der Waals surface area contributed by atoms with E-state index in [2.05, 4.69) is 69.7 Å². The van der Waals surface area contributed by atoms with Crippen molar-refractivity contribution in [3.8, 4) is 17.1 Å². The van der Waals surface area contributed by atoms with Crippen LogP contribution >= 0.6 is 0 Å². The van der Waals surface area contributed by atoms with E-state index in [1.165, 1.54) is 5.56 Å². The third kappa shape index (κ3) is 2.97. The van der Waals surface area contributed by atoms with Crippen molar-refractivity contribution in [1.29, 1.82) is 0 Å². The minimum atomic E-state index is 0.378. The number of hydrogen-bond acceptors (Lipinski definition) is 4. The van der Waals surface area contributed by atoms with Crippen molar-refractivity contribution in [2.45, 2.75) is 13.0 Å². The normalized spacial score (nSPS) is 12.6. The molecule has 0 amide bonds. The summed E-state index contributed by atoms with van der Waals surface area (Å²) >= 11 is 0. The highest BCUT2D eigenvalue weighted by Gasteiger charge is 2.11. The molecule has 4 rings (SSSR count). The largest absolute Gasteiger partial charge is 0.303 e. The van der Waals surface area contributed by atoms with E-state index in [9.17, 15) is 0 Å². The van der Waals surface area contributed by atoms with Gasteiger partial charge in [-0.1, -0.05) is 24.3 Å². The number of benzene rings is 2. The molecule has 0 saturated heterocycles. The zero-order valence-electron chi connectivity index (χ0n) is 15.2. The molecule has 130 valence electrons. The minimum Gasteiger partial charge on any atom is -0.303 e. The maximum atomic E-state index is 4.57. The van der Waals surface area contributed by atoms with Gasteiger partial charge in [0.25, 0.3) is 0 Å². The lowest BCUT2D eigenvalue weighted by Gasteiger charge is -2.20. The van der Waals surface area contributed by atoms with Crippen LogP contribution in [0.5, 0.6) is 0 Å². The van der Waals surface area contributed by atoms with Gasteiger partial charge in [-0.25, -0.2) is 4.98 Å². The second-order valence-corrected chi connectivity index (χ2v) is 6.61. The molecule has 0 radical (unpaired) electrons.